The Morgan fingerprint density at radius 3 is 2.50 bits per heavy atom. The Balaban J connectivity index is 1.54. The van der Waals surface area contributed by atoms with E-state index in [1.165, 1.54) is 16.7 Å². The van der Waals surface area contributed by atoms with Crippen LogP contribution in [-0.4, -0.2) is 23.3 Å². The van der Waals surface area contributed by atoms with Gasteiger partial charge in [0.15, 0.2) is 4.32 Å². The number of carbonyl (C=O) groups excluding carboxylic acids is 2. The Bertz CT molecular complexity index is 1240. The summed E-state index contributed by atoms with van der Waals surface area (Å²) in [7, 11) is 1.59. The minimum atomic E-state index is -0.432. The number of benzene rings is 3. The fourth-order valence-corrected chi connectivity index (χ4v) is 4.94. The van der Waals surface area contributed by atoms with Gasteiger partial charge in [0.05, 0.1) is 23.3 Å². The number of thiocarbonyl (C=S) groups is 1. The number of nitrogens with zero attached hydrogens (tertiary/aromatic N) is 1. The lowest BCUT2D eigenvalue weighted by atomic mass is 10.2. The Morgan fingerprint density at radius 2 is 1.78 bits per heavy atom. The molecule has 32 heavy (non-hydrogen) atoms. The number of ether oxygens (including phenoxy) is 2. The van der Waals surface area contributed by atoms with E-state index < -0.39 is 5.97 Å². The van der Waals surface area contributed by atoms with Crippen molar-refractivity contribution in [3.05, 3.63) is 92.4 Å². The number of hydrogen-bond acceptors (Lipinski definition) is 6. The van der Waals surface area contributed by atoms with Crippen LogP contribution in [0.4, 0.5) is 5.69 Å². The summed E-state index contributed by atoms with van der Waals surface area (Å²) < 4.78 is 12.0. The summed E-state index contributed by atoms with van der Waals surface area (Å²) in [4.78, 5) is 27.5. The van der Waals surface area contributed by atoms with Crippen LogP contribution in [-0.2, 0) is 4.79 Å². The lowest BCUT2D eigenvalue weighted by molar-refractivity contribution is -0.113. The first kappa shape index (κ1) is 22.5. The van der Waals surface area contributed by atoms with Gasteiger partial charge in [0.25, 0.3) is 5.91 Å². The van der Waals surface area contributed by atoms with Gasteiger partial charge in [-0.15, -0.1) is 0 Å². The van der Waals surface area contributed by atoms with Crippen molar-refractivity contribution in [1.29, 1.82) is 0 Å². The summed E-state index contributed by atoms with van der Waals surface area (Å²) >= 11 is 8.76. The molecule has 1 fully saturated rings. The third-order valence-electron chi connectivity index (χ3n) is 4.58. The molecule has 8 heteroatoms. The highest BCUT2D eigenvalue weighted by molar-refractivity contribution is 14.1. The van der Waals surface area contributed by atoms with Crippen molar-refractivity contribution in [1.82, 2.24) is 0 Å². The molecule has 0 aliphatic carbocycles. The van der Waals surface area contributed by atoms with Gasteiger partial charge < -0.3 is 9.47 Å². The molecule has 1 amide bonds. The molecule has 3 aromatic rings. The molecule has 0 atom stereocenters. The van der Waals surface area contributed by atoms with Gasteiger partial charge in [-0.1, -0.05) is 48.2 Å². The fourth-order valence-electron chi connectivity index (χ4n) is 3.03. The van der Waals surface area contributed by atoms with E-state index in [2.05, 4.69) is 22.6 Å². The first-order valence-electron chi connectivity index (χ1n) is 9.45. The number of esters is 1. The summed E-state index contributed by atoms with van der Waals surface area (Å²) in [6.07, 6.45) is 1.74. The second kappa shape index (κ2) is 9.85. The van der Waals surface area contributed by atoms with Crippen LogP contribution < -0.4 is 14.4 Å². The molecule has 1 heterocycles. The number of hydrogen-bond donors (Lipinski definition) is 0. The highest BCUT2D eigenvalue weighted by Gasteiger charge is 2.33. The Hall–Kier alpha value is -2.69. The van der Waals surface area contributed by atoms with Crippen LogP contribution in [0, 0.1) is 3.57 Å². The average molecular weight is 573 g/mol. The highest BCUT2D eigenvalue weighted by Crippen LogP contribution is 2.36. The van der Waals surface area contributed by atoms with E-state index in [4.69, 9.17) is 21.7 Å². The maximum atomic E-state index is 13.0. The molecule has 0 saturated carbocycles. The molecule has 0 bridgehead atoms. The Labute approximate surface area is 208 Å². The van der Waals surface area contributed by atoms with E-state index >= 15 is 0 Å². The highest BCUT2D eigenvalue weighted by atomic mass is 127. The number of amides is 1. The molecule has 0 unspecified atom stereocenters. The average Bonchev–Trinajstić information content (AvgIpc) is 3.07. The topological polar surface area (TPSA) is 55.8 Å². The standard InChI is InChI=1S/C24H16INO4S2/c1-29-17-11-9-16(10-12-17)26-22(27)21(32-24(26)31)14-15-5-4-6-18(13-15)30-23(28)19-7-2-3-8-20(19)25/h2-14H,1H3/b21-14-. The first-order chi connectivity index (χ1) is 15.5. The molecule has 5 nitrogen and oxygen atoms in total. The second-order valence-electron chi connectivity index (χ2n) is 6.66. The van der Waals surface area contributed by atoms with Crippen molar-refractivity contribution in [2.24, 2.45) is 0 Å². The van der Waals surface area contributed by atoms with Gasteiger partial charge in [0.1, 0.15) is 11.5 Å². The van der Waals surface area contributed by atoms with Gasteiger partial charge >= 0.3 is 5.97 Å². The molecule has 0 radical (unpaired) electrons. The quantitative estimate of drug-likeness (QED) is 0.124. The Morgan fingerprint density at radius 1 is 1.03 bits per heavy atom. The molecular formula is C24H16INO4S2. The normalized spacial score (nSPS) is 14.7. The van der Waals surface area contributed by atoms with Crippen LogP contribution in [0.25, 0.3) is 6.08 Å². The van der Waals surface area contributed by atoms with Crippen molar-refractivity contribution < 1.29 is 19.1 Å². The van der Waals surface area contributed by atoms with Crippen LogP contribution in [0.5, 0.6) is 11.5 Å². The van der Waals surface area contributed by atoms with E-state index in [-0.39, 0.29) is 5.91 Å². The van der Waals surface area contributed by atoms with Crippen molar-refractivity contribution in [2.75, 3.05) is 12.0 Å². The van der Waals surface area contributed by atoms with Gasteiger partial charge in [-0.25, -0.2) is 4.79 Å². The molecule has 0 aromatic heterocycles. The lowest BCUT2D eigenvalue weighted by Crippen LogP contribution is -2.27. The van der Waals surface area contributed by atoms with Crippen LogP contribution in [0.1, 0.15) is 15.9 Å². The first-order valence-corrected chi connectivity index (χ1v) is 11.8. The summed E-state index contributed by atoms with van der Waals surface area (Å²) in [5.74, 6) is 0.463. The molecule has 4 rings (SSSR count). The fraction of sp³-hybridized carbons (Fsp3) is 0.0417. The van der Waals surface area contributed by atoms with E-state index in [1.54, 1.807) is 67.8 Å². The lowest BCUT2D eigenvalue weighted by Gasteiger charge is -2.14. The largest absolute Gasteiger partial charge is 0.497 e. The van der Waals surface area contributed by atoms with E-state index in [0.29, 0.717) is 32.0 Å². The number of carbonyl (C=O) groups is 2. The zero-order chi connectivity index (χ0) is 22.7. The minimum absolute atomic E-state index is 0.202. The van der Waals surface area contributed by atoms with Gasteiger partial charge in [-0.3, -0.25) is 9.69 Å². The summed E-state index contributed by atoms with van der Waals surface area (Å²) in [5.41, 5.74) is 1.91. The maximum Gasteiger partial charge on any atom is 0.344 e. The van der Waals surface area contributed by atoms with Crippen LogP contribution >= 0.6 is 46.6 Å². The van der Waals surface area contributed by atoms with Crippen LogP contribution in [0.3, 0.4) is 0 Å². The van der Waals surface area contributed by atoms with Crippen molar-refractivity contribution in [3.63, 3.8) is 0 Å². The molecule has 1 aliphatic heterocycles. The third kappa shape index (κ3) is 4.87. The molecule has 1 aliphatic rings. The zero-order valence-corrected chi connectivity index (χ0v) is 20.6. The number of methoxy groups -OCH3 is 1. The van der Waals surface area contributed by atoms with Crippen LogP contribution in [0.2, 0.25) is 0 Å². The SMILES string of the molecule is COc1ccc(N2C(=O)/C(=C/c3cccc(OC(=O)c4ccccc4I)c3)SC2=S)cc1. The van der Waals surface area contributed by atoms with E-state index in [1.807, 2.05) is 18.2 Å². The predicted molar refractivity (Wildman–Crippen MR) is 139 cm³/mol. The van der Waals surface area contributed by atoms with Crippen molar-refractivity contribution in [2.45, 2.75) is 0 Å². The van der Waals surface area contributed by atoms with Gasteiger partial charge in [-0.2, -0.15) is 0 Å². The van der Waals surface area contributed by atoms with Crippen molar-refractivity contribution in [3.8, 4) is 11.5 Å². The second-order valence-corrected chi connectivity index (χ2v) is 9.49. The molecular weight excluding hydrogens is 557 g/mol. The molecule has 0 spiro atoms. The Kier molecular flexibility index (Phi) is 6.92. The molecule has 1 saturated heterocycles. The predicted octanol–water partition coefficient (Wildman–Crippen LogP) is 5.92. The van der Waals surface area contributed by atoms with Gasteiger partial charge in [0.2, 0.25) is 0 Å². The minimum Gasteiger partial charge on any atom is -0.497 e. The van der Waals surface area contributed by atoms with Gasteiger partial charge in [-0.05, 0) is 82.8 Å². The number of halogens is 1. The van der Waals surface area contributed by atoms with E-state index in [9.17, 15) is 9.59 Å². The van der Waals surface area contributed by atoms with E-state index in [0.717, 1.165) is 9.13 Å². The smallest absolute Gasteiger partial charge is 0.344 e. The van der Waals surface area contributed by atoms with Crippen molar-refractivity contribution >= 4 is 74.5 Å². The third-order valence-corrected chi connectivity index (χ3v) is 6.83. The zero-order valence-electron chi connectivity index (χ0n) is 16.8. The molecule has 160 valence electrons. The number of anilines is 1. The molecule has 3 aromatic carbocycles. The maximum absolute atomic E-state index is 13.0. The number of thioether (sulfide) groups is 1. The summed E-state index contributed by atoms with van der Waals surface area (Å²) in [6, 6.07) is 21.4. The monoisotopic (exact) mass is 573 g/mol. The van der Waals surface area contributed by atoms with Crippen LogP contribution in [0.15, 0.2) is 77.7 Å². The summed E-state index contributed by atoms with van der Waals surface area (Å²) in [5, 5.41) is 0. The van der Waals surface area contributed by atoms with Gasteiger partial charge in [0, 0.05) is 3.57 Å². The summed E-state index contributed by atoms with van der Waals surface area (Å²) in [6.45, 7) is 0. The molecule has 0 N–H and O–H groups in total. The number of rotatable bonds is 5.